The van der Waals surface area contributed by atoms with E-state index in [1.54, 1.807) is 19.1 Å². The van der Waals surface area contributed by atoms with Crippen LogP contribution in [0, 0.1) is 0 Å². The summed E-state index contributed by atoms with van der Waals surface area (Å²) in [6.07, 6.45) is 6.96. The fourth-order valence-corrected chi connectivity index (χ4v) is 2.38. The average Bonchev–Trinajstić information content (AvgIpc) is 2.43. The molecule has 0 heterocycles. The fourth-order valence-electron chi connectivity index (χ4n) is 1.35. The Labute approximate surface area is 141 Å². The maximum atomic E-state index is 11.6. The van der Waals surface area contributed by atoms with Crippen molar-refractivity contribution >= 4 is 20.6 Å². The Morgan fingerprint density at radius 1 is 1.17 bits per heavy atom. The van der Waals surface area contributed by atoms with E-state index >= 15 is 0 Å². The van der Waals surface area contributed by atoms with Crippen LogP contribution in [0.15, 0.2) is 35.5 Å². The van der Waals surface area contributed by atoms with Gasteiger partial charge in [-0.2, -0.15) is 0 Å². The second kappa shape index (κ2) is 9.63. The summed E-state index contributed by atoms with van der Waals surface area (Å²) in [4.78, 5) is 22.2. The van der Waals surface area contributed by atoms with Crippen LogP contribution in [0.3, 0.4) is 0 Å². The average molecular weight is 339 g/mol. The predicted molar refractivity (Wildman–Crippen MR) is 96.8 cm³/mol. The van der Waals surface area contributed by atoms with Gasteiger partial charge in [0, 0.05) is 0 Å². The van der Waals surface area contributed by atoms with Crippen LogP contribution in [0.2, 0.25) is 18.1 Å². The highest BCUT2D eigenvalue weighted by Gasteiger charge is 2.36. The minimum Gasteiger partial charge on any atom is -0.462 e. The van der Waals surface area contributed by atoms with Gasteiger partial charge >= 0.3 is 5.97 Å². The van der Waals surface area contributed by atoms with Gasteiger partial charge in [0.2, 0.25) is 0 Å². The Morgan fingerprint density at radius 2 is 1.78 bits per heavy atom. The van der Waals surface area contributed by atoms with Gasteiger partial charge in [0.1, 0.15) is 6.29 Å². The summed E-state index contributed by atoms with van der Waals surface area (Å²) in [5.41, 5.74) is 1.29. The van der Waals surface area contributed by atoms with Gasteiger partial charge in [-0.3, -0.25) is 4.79 Å². The monoisotopic (exact) mass is 338 g/mol. The SMILES string of the molecule is CCOC(=O)C(/C=C/C=C(\C)CO[Si](C)(C)C(C)(C)C)=C/C=O. The number of hydrogen-bond donors (Lipinski definition) is 0. The molecular formula is C18H30O4Si. The molecule has 23 heavy (non-hydrogen) atoms. The largest absolute Gasteiger partial charge is 0.462 e. The van der Waals surface area contributed by atoms with Gasteiger partial charge in [-0.1, -0.05) is 32.9 Å². The zero-order chi connectivity index (χ0) is 18.1. The van der Waals surface area contributed by atoms with Crippen molar-refractivity contribution < 1.29 is 18.8 Å². The normalized spacial score (nSPS) is 14.2. The van der Waals surface area contributed by atoms with Crippen LogP contribution in [0.4, 0.5) is 0 Å². The fraction of sp³-hybridized carbons (Fsp3) is 0.556. The number of aldehydes is 1. The highest BCUT2D eigenvalue weighted by molar-refractivity contribution is 6.74. The predicted octanol–water partition coefficient (Wildman–Crippen LogP) is 4.20. The molecule has 0 N–H and O–H groups in total. The van der Waals surface area contributed by atoms with Crippen LogP contribution in [-0.2, 0) is 18.8 Å². The first-order valence-corrected chi connectivity index (χ1v) is 10.8. The molecule has 0 aromatic heterocycles. The second-order valence-electron chi connectivity index (χ2n) is 6.90. The lowest BCUT2D eigenvalue weighted by Crippen LogP contribution is -2.41. The minimum absolute atomic E-state index is 0.174. The molecule has 0 rings (SSSR count). The van der Waals surface area contributed by atoms with Gasteiger partial charge in [-0.25, -0.2) is 4.79 Å². The molecule has 0 saturated carbocycles. The molecule has 0 aliphatic heterocycles. The topological polar surface area (TPSA) is 52.6 Å². The smallest absolute Gasteiger partial charge is 0.338 e. The standard InChI is InChI=1S/C18H30O4Si/c1-8-21-17(20)16(12-13-19)11-9-10-15(2)14-22-23(6,7)18(3,4)5/h9-13H,8,14H2,1-7H3/b11-9+,15-10+,16-12+. The van der Waals surface area contributed by atoms with Crippen molar-refractivity contribution in [2.75, 3.05) is 13.2 Å². The number of hydrogen-bond acceptors (Lipinski definition) is 4. The second-order valence-corrected chi connectivity index (χ2v) is 11.7. The summed E-state index contributed by atoms with van der Waals surface area (Å²) >= 11 is 0. The third-order valence-corrected chi connectivity index (χ3v) is 8.36. The molecule has 0 radical (unpaired) electrons. The molecule has 130 valence electrons. The Bertz CT molecular complexity index is 494. The first-order chi connectivity index (χ1) is 10.5. The van der Waals surface area contributed by atoms with E-state index in [1.165, 1.54) is 6.08 Å². The van der Waals surface area contributed by atoms with Crippen molar-refractivity contribution in [1.82, 2.24) is 0 Å². The van der Waals surface area contributed by atoms with Crippen molar-refractivity contribution in [2.24, 2.45) is 0 Å². The Hall–Kier alpha value is -1.46. The van der Waals surface area contributed by atoms with E-state index in [-0.39, 0.29) is 17.2 Å². The van der Waals surface area contributed by atoms with Gasteiger partial charge in [-0.05, 0) is 49.7 Å². The molecule has 5 heteroatoms. The summed E-state index contributed by atoms with van der Waals surface area (Å²) < 4.78 is 11.0. The van der Waals surface area contributed by atoms with Crippen LogP contribution in [0.1, 0.15) is 34.6 Å². The van der Waals surface area contributed by atoms with Crippen molar-refractivity contribution in [1.29, 1.82) is 0 Å². The zero-order valence-corrected chi connectivity index (χ0v) is 16.4. The highest BCUT2D eigenvalue weighted by atomic mass is 28.4. The summed E-state index contributed by atoms with van der Waals surface area (Å²) in [5.74, 6) is -0.501. The Morgan fingerprint density at radius 3 is 2.26 bits per heavy atom. The molecule has 0 amide bonds. The molecule has 0 spiro atoms. The number of ether oxygens (including phenoxy) is 1. The molecule has 0 aromatic rings. The Kier molecular flexibility index (Phi) is 9.01. The Balaban J connectivity index is 4.78. The third kappa shape index (κ3) is 8.09. The molecule has 4 nitrogen and oxygen atoms in total. The van der Waals surface area contributed by atoms with E-state index in [0.717, 1.165) is 5.57 Å². The van der Waals surface area contributed by atoms with E-state index in [2.05, 4.69) is 33.9 Å². The van der Waals surface area contributed by atoms with E-state index in [1.807, 2.05) is 13.0 Å². The van der Waals surface area contributed by atoms with Gasteiger partial charge in [0.25, 0.3) is 0 Å². The van der Waals surface area contributed by atoms with Crippen LogP contribution >= 0.6 is 0 Å². The lowest BCUT2D eigenvalue weighted by Gasteiger charge is -2.36. The van der Waals surface area contributed by atoms with Crippen molar-refractivity contribution in [3.05, 3.63) is 35.5 Å². The molecule has 0 aliphatic rings. The number of rotatable bonds is 8. The number of carbonyl (C=O) groups excluding carboxylic acids is 2. The van der Waals surface area contributed by atoms with E-state index in [0.29, 0.717) is 12.9 Å². The number of esters is 1. The zero-order valence-electron chi connectivity index (χ0n) is 15.4. The van der Waals surface area contributed by atoms with Crippen LogP contribution in [-0.4, -0.2) is 33.8 Å². The summed E-state index contributed by atoms with van der Waals surface area (Å²) in [6, 6.07) is 0. The van der Waals surface area contributed by atoms with Gasteiger partial charge in [-0.15, -0.1) is 0 Å². The maximum Gasteiger partial charge on any atom is 0.338 e. The molecule has 0 saturated heterocycles. The van der Waals surface area contributed by atoms with Crippen molar-refractivity contribution in [3.8, 4) is 0 Å². The number of allylic oxidation sites excluding steroid dienone is 3. The quantitative estimate of drug-likeness (QED) is 0.219. The van der Waals surface area contributed by atoms with Crippen LogP contribution in [0.5, 0.6) is 0 Å². The lowest BCUT2D eigenvalue weighted by molar-refractivity contribution is -0.138. The summed E-state index contributed by atoms with van der Waals surface area (Å²) in [7, 11) is -1.77. The third-order valence-electron chi connectivity index (χ3n) is 3.88. The van der Waals surface area contributed by atoms with Crippen LogP contribution < -0.4 is 0 Å². The minimum atomic E-state index is -1.77. The molecular weight excluding hydrogens is 308 g/mol. The summed E-state index contributed by atoms with van der Waals surface area (Å²) in [5, 5.41) is 0.174. The van der Waals surface area contributed by atoms with Gasteiger partial charge < -0.3 is 9.16 Å². The molecule has 0 bridgehead atoms. The van der Waals surface area contributed by atoms with Crippen LogP contribution in [0.25, 0.3) is 0 Å². The van der Waals surface area contributed by atoms with Crippen molar-refractivity contribution in [3.63, 3.8) is 0 Å². The van der Waals surface area contributed by atoms with E-state index in [4.69, 9.17) is 9.16 Å². The number of carbonyl (C=O) groups is 2. The van der Waals surface area contributed by atoms with E-state index < -0.39 is 14.3 Å². The van der Waals surface area contributed by atoms with Gasteiger partial charge in [0.15, 0.2) is 8.32 Å². The first-order valence-electron chi connectivity index (χ1n) is 7.85. The summed E-state index contributed by atoms with van der Waals surface area (Å²) in [6.45, 7) is 15.6. The highest BCUT2D eigenvalue weighted by Crippen LogP contribution is 2.36. The van der Waals surface area contributed by atoms with Gasteiger partial charge in [0.05, 0.1) is 18.8 Å². The molecule has 0 aliphatic carbocycles. The maximum absolute atomic E-state index is 11.6. The van der Waals surface area contributed by atoms with E-state index in [9.17, 15) is 9.59 Å². The van der Waals surface area contributed by atoms with Crippen molar-refractivity contribution in [2.45, 2.75) is 52.8 Å². The molecule has 0 atom stereocenters. The molecule has 0 aromatic carbocycles. The molecule has 0 fully saturated rings. The first kappa shape index (κ1) is 21.5. The molecule has 0 unspecified atom stereocenters. The lowest BCUT2D eigenvalue weighted by atomic mass is 10.2.